The number of nitrogens with zero attached hydrogens (tertiary/aromatic N) is 1. The fraction of sp³-hybridized carbons (Fsp3) is 0.727. The molecule has 1 aliphatic rings. The lowest BCUT2D eigenvalue weighted by Crippen LogP contribution is -2.20. The van der Waals surface area contributed by atoms with E-state index in [9.17, 15) is 4.79 Å². The van der Waals surface area contributed by atoms with Crippen LogP contribution in [0.5, 0.6) is 0 Å². The lowest BCUT2D eigenvalue weighted by molar-refractivity contribution is -0.137. The molecule has 14 heavy (non-hydrogen) atoms. The van der Waals surface area contributed by atoms with E-state index >= 15 is 0 Å². The first-order valence-corrected chi connectivity index (χ1v) is 5.27. The van der Waals surface area contributed by atoms with E-state index in [0.717, 1.165) is 32.5 Å². The summed E-state index contributed by atoms with van der Waals surface area (Å²) in [6.45, 7) is 5.23. The van der Waals surface area contributed by atoms with Crippen LogP contribution in [0.1, 0.15) is 26.2 Å². The summed E-state index contributed by atoms with van der Waals surface area (Å²) in [5.74, 6) is -0.0757. The molecule has 1 N–H and O–H groups in total. The highest BCUT2D eigenvalue weighted by Crippen LogP contribution is 2.20. The number of rotatable bonds is 5. The van der Waals surface area contributed by atoms with E-state index in [1.165, 1.54) is 0 Å². The van der Waals surface area contributed by atoms with Gasteiger partial charge >= 0.3 is 5.97 Å². The average Bonchev–Trinajstić information content (AvgIpc) is 2.59. The largest absolute Gasteiger partial charge is 0.481 e. The zero-order valence-electron chi connectivity index (χ0n) is 8.78. The third-order valence-corrected chi connectivity index (χ3v) is 2.74. The predicted octanol–water partition coefficient (Wildman–Crippen LogP) is 1.75. The molecule has 0 aromatic rings. The Morgan fingerprint density at radius 3 is 3.07 bits per heavy atom. The van der Waals surface area contributed by atoms with Crippen molar-refractivity contribution in [3.05, 3.63) is 12.2 Å². The second-order valence-corrected chi connectivity index (χ2v) is 3.92. The van der Waals surface area contributed by atoms with E-state index in [0.29, 0.717) is 12.3 Å². The van der Waals surface area contributed by atoms with Gasteiger partial charge in [-0.05, 0) is 32.2 Å². The van der Waals surface area contributed by atoms with Crippen LogP contribution in [-0.2, 0) is 4.79 Å². The Labute approximate surface area is 85.4 Å². The Morgan fingerprint density at radius 1 is 1.64 bits per heavy atom. The van der Waals surface area contributed by atoms with Crippen molar-refractivity contribution >= 4 is 5.97 Å². The SMILES string of the molecule is C/C=C/CN1CCC(CCC(=O)O)C1. The van der Waals surface area contributed by atoms with Gasteiger partial charge in [-0.1, -0.05) is 12.2 Å². The monoisotopic (exact) mass is 197 g/mol. The zero-order valence-corrected chi connectivity index (χ0v) is 8.78. The lowest BCUT2D eigenvalue weighted by Gasteiger charge is -2.12. The standard InChI is InChI=1S/C11H19NO2/c1-2-3-7-12-8-6-10(9-12)4-5-11(13)14/h2-3,10H,4-9H2,1H3,(H,13,14)/b3-2+. The van der Waals surface area contributed by atoms with Crippen molar-refractivity contribution in [3.63, 3.8) is 0 Å². The van der Waals surface area contributed by atoms with E-state index in [1.807, 2.05) is 6.92 Å². The molecule has 0 aromatic carbocycles. The van der Waals surface area contributed by atoms with Crippen molar-refractivity contribution in [2.24, 2.45) is 5.92 Å². The first-order chi connectivity index (χ1) is 6.72. The Bertz CT molecular complexity index is 213. The van der Waals surface area contributed by atoms with E-state index in [2.05, 4.69) is 17.1 Å². The smallest absolute Gasteiger partial charge is 0.303 e. The van der Waals surface area contributed by atoms with Gasteiger partial charge in [-0.25, -0.2) is 0 Å². The second kappa shape index (κ2) is 5.81. The van der Waals surface area contributed by atoms with Gasteiger partial charge in [0.2, 0.25) is 0 Å². The van der Waals surface area contributed by atoms with E-state index in [1.54, 1.807) is 0 Å². The van der Waals surface area contributed by atoms with Crippen molar-refractivity contribution in [3.8, 4) is 0 Å². The molecule has 0 spiro atoms. The molecule has 1 unspecified atom stereocenters. The molecule has 0 amide bonds. The van der Waals surface area contributed by atoms with Crippen LogP contribution in [0.25, 0.3) is 0 Å². The van der Waals surface area contributed by atoms with Crippen LogP contribution in [0, 0.1) is 5.92 Å². The summed E-state index contributed by atoms with van der Waals surface area (Å²) in [6.07, 6.45) is 6.53. The first-order valence-electron chi connectivity index (χ1n) is 5.27. The summed E-state index contributed by atoms with van der Waals surface area (Å²) in [6, 6.07) is 0. The summed E-state index contributed by atoms with van der Waals surface area (Å²) in [4.78, 5) is 12.8. The maximum Gasteiger partial charge on any atom is 0.303 e. The molecule has 3 heteroatoms. The van der Waals surface area contributed by atoms with Gasteiger partial charge in [0.05, 0.1) is 0 Å². The quantitative estimate of drug-likeness (QED) is 0.683. The zero-order chi connectivity index (χ0) is 10.4. The molecule has 80 valence electrons. The predicted molar refractivity (Wildman–Crippen MR) is 56.2 cm³/mol. The van der Waals surface area contributed by atoms with Gasteiger partial charge in [-0.2, -0.15) is 0 Å². The number of likely N-dealkylation sites (tertiary alicyclic amines) is 1. The van der Waals surface area contributed by atoms with Crippen molar-refractivity contribution in [2.75, 3.05) is 19.6 Å². The minimum Gasteiger partial charge on any atom is -0.481 e. The molecule has 1 atom stereocenters. The number of hydrogen-bond donors (Lipinski definition) is 1. The summed E-state index contributed by atoms with van der Waals surface area (Å²) >= 11 is 0. The van der Waals surface area contributed by atoms with Crippen molar-refractivity contribution in [2.45, 2.75) is 26.2 Å². The Balaban J connectivity index is 2.17. The summed E-state index contributed by atoms with van der Waals surface area (Å²) in [5, 5.41) is 8.56. The summed E-state index contributed by atoms with van der Waals surface area (Å²) in [7, 11) is 0. The number of carbonyl (C=O) groups is 1. The van der Waals surface area contributed by atoms with Gasteiger partial charge in [0.1, 0.15) is 0 Å². The van der Waals surface area contributed by atoms with Crippen LogP contribution in [0.4, 0.5) is 0 Å². The number of allylic oxidation sites excluding steroid dienone is 1. The molecule has 3 nitrogen and oxygen atoms in total. The molecular weight excluding hydrogens is 178 g/mol. The Kier molecular flexibility index (Phi) is 4.66. The van der Waals surface area contributed by atoms with Gasteiger partial charge in [0, 0.05) is 19.5 Å². The highest BCUT2D eigenvalue weighted by atomic mass is 16.4. The second-order valence-electron chi connectivity index (χ2n) is 3.92. The van der Waals surface area contributed by atoms with E-state index in [-0.39, 0.29) is 0 Å². The van der Waals surface area contributed by atoms with Crippen molar-refractivity contribution in [1.82, 2.24) is 4.90 Å². The average molecular weight is 197 g/mol. The van der Waals surface area contributed by atoms with Crippen LogP contribution in [0.3, 0.4) is 0 Å². The highest BCUT2D eigenvalue weighted by Gasteiger charge is 2.21. The van der Waals surface area contributed by atoms with Gasteiger partial charge in [0.15, 0.2) is 0 Å². The molecule has 0 bridgehead atoms. The maximum absolute atomic E-state index is 10.4. The van der Waals surface area contributed by atoms with Gasteiger partial charge in [0.25, 0.3) is 0 Å². The van der Waals surface area contributed by atoms with Crippen LogP contribution >= 0.6 is 0 Å². The molecule has 1 rings (SSSR count). The molecule has 0 aromatic heterocycles. The third kappa shape index (κ3) is 3.92. The summed E-state index contributed by atoms with van der Waals surface area (Å²) in [5.41, 5.74) is 0. The molecule has 1 saturated heterocycles. The van der Waals surface area contributed by atoms with Crippen LogP contribution in [-0.4, -0.2) is 35.6 Å². The molecular formula is C11H19NO2. The number of hydrogen-bond acceptors (Lipinski definition) is 2. The first kappa shape index (κ1) is 11.2. The molecule has 0 aliphatic carbocycles. The molecule has 0 radical (unpaired) electrons. The van der Waals surface area contributed by atoms with Crippen molar-refractivity contribution in [1.29, 1.82) is 0 Å². The minimum absolute atomic E-state index is 0.322. The summed E-state index contributed by atoms with van der Waals surface area (Å²) < 4.78 is 0. The Hall–Kier alpha value is -0.830. The number of carboxylic acid groups (broad SMARTS) is 1. The minimum atomic E-state index is -0.670. The molecule has 1 fully saturated rings. The molecule has 1 aliphatic heterocycles. The fourth-order valence-corrected chi connectivity index (χ4v) is 1.90. The topological polar surface area (TPSA) is 40.5 Å². The number of carboxylic acids is 1. The van der Waals surface area contributed by atoms with Gasteiger partial charge in [-0.15, -0.1) is 0 Å². The van der Waals surface area contributed by atoms with Gasteiger partial charge in [-0.3, -0.25) is 9.69 Å². The fourth-order valence-electron chi connectivity index (χ4n) is 1.90. The van der Waals surface area contributed by atoms with Crippen LogP contribution in [0.15, 0.2) is 12.2 Å². The normalized spacial score (nSPS) is 23.4. The van der Waals surface area contributed by atoms with Crippen LogP contribution in [0.2, 0.25) is 0 Å². The van der Waals surface area contributed by atoms with Crippen LogP contribution < -0.4 is 0 Å². The van der Waals surface area contributed by atoms with Crippen molar-refractivity contribution < 1.29 is 9.90 Å². The van der Waals surface area contributed by atoms with Gasteiger partial charge < -0.3 is 5.11 Å². The molecule has 1 heterocycles. The van der Waals surface area contributed by atoms with E-state index in [4.69, 9.17) is 5.11 Å². The highest BCUT2D eigenvalue weighted by molar-refractivity contribution is 5.66. The third-order valence-electron chi connectivity index (χ3n) is 2.74. The van der Waals surface area contributed by atoms with E-state index < -0.39 is 5.97 Å². The number of aliphatic carboxylic acids is 1. The lowest BCUT2D eigenvalue weighted by atomic mass is 10.0. The Morgan fingerprint density at radius 2 is 2.43 bits per heavy atom. The maximum atomic E-state index is 10.4. The molecule has 0 saturated carbocycles.